The van der Waals surface area contributed by atoms with Crippen LogP contribution in [0.5, 0.6) is 0 Å². The number of halogens is 4. The van der Waals surface area contributed by atoms with Gasteiger partial charge >= 0.3 is 6.18 Å². The number of alkyl halides is 4. The summed E-state index contributed by atoms with van der Waals surface area (Å²) < 4.78 is 38.5. The van der Waals surface area contributed by atoms with Gasteiger partial charge in [-0.25, -0.2) is 4.68 Å². The Morgan fingerprint density at radius 2 is 1.82 bits per heavy atom. The van der Waals surface area contributed by atoms with E-state index in [0.29, 0.717) is 5.69 Å². The first-order valence-electron chi connectivity index (χ1n) is 4.79. The number of hydrogen-bond donors (Lipinski definition) is 0. The predicted octanol–water partition coefficient (Wildman–Crippen LogP) is 3.71. The van der Waals surface area contributed by atoms with Gasteiger partial charge in [-0.2, -0.15) is 18.3 Å². The Kier molecular flexibility index (Phi) is 3.11. The number of benzene rings is 1. The number of aromatic nitrogens is 2. The Labute approximate surface area is 101 Å². The van der Waals surface area contributed by atoms with Crippen molar-refractivity contribution < 1.29 is 13.2 Å². The van der Waals surface area contributed by atoms with Crippen LogP contribution in [0.15, 0.2) is 42.7 Å². The molecule has 2 rings (SSSR count). The van der Waals surface area contributed by atoms with E-state index < -0.39 is 11.6 Å². The standard InChI is InChI=1S/C11H8ClF3N2/c12-10(11(13,14)15)8-6-16-17(7-8)9-4-2-1-3-5-9/h1-7,10H. The van der Waals surface area contributed by atoms with Gasteiger partial charge < -0.3 is 0 Å². The summed E-state index contributed by atoms with van der Waals surface area (Å²) in [6.07, 6.45) is -2.06. The van der Waals surface area contributed by atoms with E-state index in [1.54, 1.807) is 24.3 Å². The first-order valence-corrected chi connectivity index (χ1v) is 5.23. The zero-order chi connectivity index (χ0) is 12.5. The van der Waals surface area contributed by atoms with Gasteiger partial charge in [0.1, 0.15) is 0 Å². The SMILES string of the molecule is FC(F)(F)C(Cl)c1cnn(-c2ccccc2)c1. The Balaban J connectivity index is 2.28. The van der Waals surface area contributed by atoms with Crippen molar-refractivity contribution in [2.75, 3.05) is 0 Å². The van der Waals surface area contributed by atoms with Crippen LogP contribution in [0.25, 0.3) is 5.69 Å². The van der Waals surface area contributed by atoms with E-state index in [4.69, 9.17) is 11.6 Å². The van der Waals surface area contributed by atoms with Crippen molar-refractivity contribution in [3.8, 4) is 5.69 Å². The summed E-state index contributed by atoms with van der Waals surface area (Å²) in [4.78, 5) is 0. The van der Waals surface area contributed by atoms with Gasteiger partial charge in [0.05, 0.1) is 11.9 Å². The molecule has 0 spiro atoms. The van der Waals surface area contributed by atoms with Gasteiger partial charge in [-0.15, -0.1) is 11.6 Å². The molecule has 0 N–H and O–H groups in total. The van der Waals surface area contributed by atoms with Crippen molar-refractivity contribution in [3.05, 3.63) is 48.3 Å². The Morgan fingerprint density at radius 3 is 2.41 bits per heavy atom. The third-order valence-corrected chi connectivity index (χ3v) is 2.70. The number of hydrogen-bond acceptors (Lipinski definition) is 1. The average molecular weight is 261 g/mol. The smallest absolute Gasteiger partial charge is 0.241 e. The lowest BCUT2D eigenvalue weighted by atomic mass is 10.2. The molecule has 0 saturated carbocycles. The van der Waals surface area contributed by atoms with Crippen molar-refractivity contribution >= 4 is 11.6 Å². The molecule has 1 aromatic carbocycles. The molecule has 17 heavy (non-hydrogen) atoms. The fraction of sp³-hybridized carbons (Fsp3) is 0.182. The van der Waals surface area contributed by atoms with Crippen molar-refractivity contribution in [1.82, 2.24) is 9.78 Å². The minimum Gasteiger partial charge on any atom is -0.241 e. The van der Waals surface area contributed by atoms with Gasteiger partial charge in [0.15, 0.2) is 5.38 Å². The zero-order valence-corrected chi connectivity index (χ0v) is 9.28. The summed E-state index contributed by atoms with van der Waals surface area (Å²) in [5.74, 6) is 0. The van der Waals surface area contributed by atoms with Gasteiger partial charge in [0.25, 0.3) is 0 Å². The van der Waals surface area contributed by atoms with E-state index in [-0.39, 0.29) is 5.56 Å². The zero-order valence-electron chi connectivity index (χ0n) is 8.53. The fourth-order valence-electron chi connectivity index (χ4n) is 1.38. The summed E-state index contributed by atoms with van der Waals surface area (Å²) in [5.41, 5.74) is 0.618. The van der Waals surface area contributed by atoms with Gasteiger partial charge in [-0.1, -0.05) is 18.2 Å². The van der Waals surface area contributed by atoms with E-state index in [0.717, 1.165) is 6.20 Å². The maximum absolute atomic E-state index is 12.4. The second kappa shape index (κ2) is 4.41. The molecule has 0 amide bonds. The van der Waals surface area contributed by atoms with E-state index in [1.807, 2.05) is 6.07 Å². The Bertz CT molecular complexity index is 493. The molecule has 0 fully saturated rings. The minimum atomic E-state index is -4.47. The molecule has 0 aliphatic carbocycles. The molecule has 2 nitrogen and oxygen atoms in total. The Hall–Kier alpha value is -1.49. The second-order valence-corrected chi connectivity index (χ2v) is 3.89. The number of nitrogens with zero attached hydrogens (tertiary/aromatic N) is 2. The van der Waals surface area contributed by atoms with Crippen LogP contribution in [0.2, 0.25) is 0 Å². The lowest BCUT2D eigenvalue weighted by molar-refractivity contribution is -0.131. The molecule has 0 aliphatic heterocycles. The van der Waals surface area contributed by atoms with Gasteiger partial charge in [0.2, 0.25) is 0 Å². The average Bonchev–Trinajstić information content (AvgIpc) is 2.77. The molecule has 0 radical (unpaired) electrons. The molecular formula is C11H8ClF3N2. The van der Waals surface area contributed by atoms with Crippen LogP contribution >= 0.6 is 11.6 Å². The first kappa shape index (κ1) is 12.0. The molecule has 6 heteroatoms. The normalized spacial score (nSPS) is 13.6. The summed E-state index contributed by atoms with van der Waals surface area (Å²) in [6.45, 7) is 0. The van der Waals surface area contributed by atoms with Crippen LogP contribution in [-0.2, 0) is 0 Å². The summed E-state index contributed by atoms with van der Waals surface area (Å²) in [7, 11) is 0. The summed E-state index contributed by atoms with van der Waals surface area (Å²) in [6, 6.07) is 8.85. The number of para-hydroxylation sites is 1. The lowest BCUT2D eigenvalue weighted by Crippen LogP contribution is -2.15. The highest BCUT2D eigenvalue weighted by atomic mass is 35.5. The van der Waals surface area contributed by atoms with Crippen LogP contribution in [0.3, 0.4) is 0 Å². The molecule has 90 valence electrons. The fourth-order valence-corrected chi connectivity index (χ4v) is 1.49. The van der Waals surface area contributed by atoms with E-state index in [1.165, 1.54) is 10.9 Å². The molecule has 0 saturated heterocycles. The van der Waals surface area contributed by atoms with Crippen LogP contribution in [-0.4, -0.2) is 16.0 Å². The quantitative estimate of drug-likeness (QED) is 0.753. The molecule has 1 atom stereocenters. The Morgan fingerprint density at radius 1 is 1.18 bits per heavy atom. The van der Waals surface area contributed by atoms with Crippen LogP contribution < -0.4 is 0 Å². The highest BCUT2D eigenvalue weighted by Gasteiger charge is 2.40. The summed E-state index contributed by atoms with van der Waals surface area (Å²) in [5, 5.41) is 1.83. The maximum Gasteiger partial charge on any atom is 0.409 e. The summed E-state index contributed by atoms with van der Waals surface area (Å²) >= 11 is 5.30. The largest absolute Gasteiger partial charge is 0.409 e. The molecule has 2 aromatic rings. The molecular weight excluding hydrogens is 253 g/mol. The van der Waals surface area contributed by atoms with Gasteiger partial charge in [0, 0.05) is 11.8 Å². The monoisotopic (exact) mass is 260 g/mol. The van der Waals surface area contributed by atoms with Crippen molar-refractivity contribution in [1.29, 1.82) is 0 Å². The van der Waals surface area contributed by atoms with Crippen LogP contribution in [0.1, 0.15) is 10.9 Å². The first-order chi connectivity index (χ1) is 7.98. The highest BCUT2D eigenvalue weighted by Crippen LogP contribution is 2.37. The van der Waals surface area contributed by atoms with Crippen molar-refractivity contribution in [2.24, 2.45) is 0 Å². The third-order valence-electron chi connectivity index (χ3n) is 2.20. The predicted molar refractivity (Wildman–Crippen MR) is 58.2 cm³/mol. The molecule has 0 aliphatic rings. The van der Waals surface area contributed by atoms with Crippen LogP contribution in [0, 0.1) is 0 Å². The molecule has 0 bridgehead atoms. The maximum atomic E-state index is 12.4. The topological polar surface area (TPSA) is 17.8 Å². The van der Waals surface area contributed by atoms with E-state index in [9.17, 15) is 13.2 Å². The molecule has 1 heterocycles. The second-order valence-electron chi connectivity index (χ2n) is 3.46. The third kappa shape index (κ3) is 2.61. The molecule has 1 aromatic heterocycles. The van der Waals surface area contributed by atoms with Gasteiger partial charge in [-0.3, -0.25) is 0 Å². The van der Waals surface area contributed by atoms with E-state index >= 15 is 0 Å². The number of rotatable bonds is 2. The lowest BCUT2D eigenvalue weighted by Gasteiger charge is -2.10. The van der Waals surface area contributed by atoms with Crippen molar-refractivity contribution in [2.45, 2.75) is 11.6 Å². The highest BCUT2D eigenvalue weighted by molar-refractivity contribution is 6.21. The van der Waals surface area contributed by atoms with Gasteiger partial charge in [-0.05, 0) is 12.1 Å². The van der Waals surface area contributed by atoms with E-state index in [2.05, 4.69) is 5.10 Å². The van der Waals surface area contributed by atoms with Crippen LogP contribution in [0.4, 0.5) is 13.2 Å². The minimum absolute atomic E-state index is 0.0666. The molecule has 1 unspecified atom stereocenters. The van der Waals surface area contributed by atoms with Crippen molar-refractivity contribution in [3.63, 3.8) is 0 Å².